The highest BCUT2D eigenvalue weighted by Crippen LogP contribution is 2.26. The molecular formula is C22H29FN3O2+. The number of quaternary nitrogens is 1. The van der Waals surface area contributed by atoms with Crippen LogP contribution in [0.3, 0.4) is 0 Å². The first-order chi connectivity index (χ1) is 13.3. The van der Waals surface area contributed by atoms with Crippen LogP contribution in [0.5, 0.6) is 0 Å². The third-order valence-electron chi connectivity index (χ3n) is 5.06. The summed E-state index contributed by atoms with van der Waals surface area (Å²) in [5, 5.41) is 5.72. The number of rotatable bonds is 8. The smallest absolute Gasteiger partial charge is 0.282 e. The molecule has 0 spiro atoms. The van der Waals surface area contributed by atoms with Crippen LogP contribution < -0.4 is 15.5 Å². The number of anilines is 2. The molecule has 0 radical (unpaired) electrons. The summed E-state index contributed by atoms with van der Waals surface area (Å²) in [4.78, 5) is 25.7. The van der Waals surface area contributed by atoms with Gasteiger partial charge in [0.1, 0.15) is 5.82 Å². The Morgan fingerprint density at radius 2 is 1.68 bits per heavy atom. The van der Waals surface area contributed by atoms with Crippen molar-refractivity contribution in [3.63, 3.8) is 0 Å². The first-order valence-corrected chi connectivity index (χ1v) is 9.59. The van der Waals surface area contributed by atoms with Crippen molar-refractivity contribution < 1.29 is 18.9 Å². The van der Waals surface area contributed by atoms with Crippen molar-refractivity contribution in [1.82, 2.24) is 0 Å². The lowest BCUT2D eigenvalue weighted by atomic mass is 9.97. The van der Waals surface area contributed by atoms with E-state index in [1.165, 1.54) is 24.3 Å². The molecule has 2 rings (SSSR count). The Morgan fingerprint density at radius 3 is 2.32 bits per heavy atom. The fourth-order valence-corrected chi connectivity index (χ4v) is 2.87. The Kier molecular flexibility index (Phi) is 7.70. The highest BCUT2D eigenvalue weighted by molar-refractivity contribution is 5.95. The highest BCUT2D eigenvalue weighted by atomic mass is 19.1. The van der Waals surface area contributed by atoms with Crippen LogP contribution in [0.15, 0.2) is 48.5 Å². The third kappa shape index (κ3) is 5.89. The van der Waals surface area contributed by atoms with E-state index in [-0.39, 0.29) is 24.2 Å². The van der Waals surface area contributed by atoms with Gasteiger partial charge in [0, 0.05) is 11.4 Å². The minimum absolute atomic E-state index is 0.124. The van der Waals surface area contributed by atoms with Crippen LogP contribution >= 0.6 is 0 Å². The normalized spacial score (nSPS) is 14.0. The molecule has 1 unspecified atom stereocenters. The van der Waals surface area contributed by atoms with Crippen molar-refractivity contribution in [2.24, 2.45) is 0 Å². The van der Waals surface area contributed by atoms with Crippen molar-refractivity contribution in [2.75, 3.05) is 24.2 Å². The fourth-order valence-electron chi connectivity index (χ4n) is 2.87. The second-order valence-corrected chi connectivity index (χ2v) is 7.19. The van der Waals surface area contributed by atoms with E-state index in [0.29, 0.717) is 11.6 Å². The van der Waals surface area contributed by atoms with Crippen LogP contribution in [0, 0.1) is 5.82 Å². The fraction of sp³-hybridized carbons (Fsp3) is 0.364. The SMILES string of the molecule is CC[C@H](C)c1ccccc1NC(=O)[C@H](C)[NH+](C)CC(=O)Nc1ccc(F)cc1. The van der Waals surface area contributed by atoms with Crippen LogP contribution in [0.2, 0.25) is 0 Å². The minimum atomic E-state index is -0.413. The van der Waals surface area contributed by atoms with Gasteiger partial charge >= 0.3 is 0 Å². The van der Waals surface area contributed by atoms with E-state index in [1.807, 2.05) is 24.3 Å². The molecule has 2 amide bonds. The summed E-state index contributed by atoms with van der Waals surface area (Å²) in [7, 11) is 1.80. The van der Waals surface area contributed by atoms with Crippen LogP contribution in [-0.2, 0) is 9.59 Å². The first-order valence-electron chi connectivity index (χ1n) is 9.59. The molecule has 0 aliphatic heterocycles. The number of hydrogen-bond donors (Lipinski definition) is 3. The Hall–Kier alpha value is -2.73. The largest absolute Gasteiger partial charge is 0.321 e. The van der Waals surface area contributed by atoms with Gasteiger partial charge in [-0.1, -0.05) is 32.0 Å². The second kappa shape index (κ2) is 9.99. The van der Waals surface area contributed by atoms with Gasteiger partial charge in [0.15, 0.2) is 12.6 Å². The van der Waals surface area contributed by atoms with Gasteiger partial charge in [-0.15, -0.1) is 0 Å². The molecule has 0 saturated heterocycles. The maximum atomic E-state index is 12.9. The Labute approximate surface area is 165 Å². The molecule has 6 heteroatoms. The van der Waals surface area contributed by atoms with E-state index >= 15 is 0 Å². The number of nitrogens with one attached hydrogen (secondary N) is 3. The number of carbonyl (C=O) groups excluding carboxylic acids is 2. The van der Waals surface area contributed by atoms with Crippen molar-refractivity contribution in [2.45, 2.75) is 39.2 Å². The standard InChI is InChI=1S/C22H28FN3O2/c1-5-15(2)19-8-6-7-9-20(19)25-22(28)16(3)26(4)14-21(27)24-18-12-10-17(23)11-13-18/h6-13,15-16H,5,14H2,1-4H3,(H,24,27)(H,25,28)/p+1/t15-,16-/m0/s1. The number of likely N-dealkylation sites (N-methyl/N-ethyl adjacent to an activating group) is 1. The van der Waals surface area contributed by atoms with E-state index in [2.05, 4.69) is 24.5 Å². The number of amides is 2. The molecule has 5 nitrogen and oxygen atoms in total. The number of carbonyl (C=O) groups is 2. The van der Waals surface area contributed by atoms with Crippen LogP contribution in [0.1, 0.15) is 38.7 Å². The maximum Gasteiger partial charge on any atom is 0.282 e. The molecular weight excluding hydrogens is 357 g/mol. The van der Waals surface area contributed by atoms with Gasteiger partial charge in [0.2, 0.25) is 0 Å². The van der Waals surface area contributed by atoms with Gasteiger partial charge in [-0.05, 0) is 55.2 Å². The second-order valence-electron chi connectivity index (χ2n) is 7.19. The van der Waals surface area contributed by atoms with Crippen LogP contribution in [-0.4, -0.2) is 31.4 Å². The molecule has 0 aromatic heterocycles. The molecule has 28 heavy (non-hydrogen) atoms. The first kappa shape index (κ1) is 21.6. The molecule has 0 aliphatic carbocycles. The molecule has 2 aromatic rings. The van der Waals surface area contributed by atoms with Gasteiger partial charge in [0.25, 0.3) is 11.8 Å². The average Bonchev–Trinajstić information content (AvgIpc) is 2.68. The summed E-state index contributed by atoms with van der Waals surface area (Å²) >= 11 is 0. The van der Waals surface area contributed by atoms with Gasteiger partial charge in [-0.2, -0.15) is 0 Å². The van der Waals surface area contributed by atoms with Crippen LogP contribution in [0.4, 0.5) is 15.8 Å². The summed E-state index contributed by atoms with van der Waals surface area (Å²) in [5.41, 5.74) is 2.45. The lowest BCUT2D eigenvalue weighted by molar-refractivity contribution is -0.885. The summed E-state index contributed by atoms with van der Waals surface area (Å²) in [6.07, 6.45) is 0.983. The summed E-state index contributed by atoms with van der Waals surface area (Å²) in [6, 6.07) is 13.0. The zero-order valence-electron chi connectivity index (χ0n) is 16.9. The van der Waals surface area contributed by atoms with E-state index in [1.54, 1.807) is 14.0 Å². The molecule has 3 N–H and O–H groups in total. The number of benzene rings is 2. The lowest BCUT2D eigenvalue weighted by Crippen LogP contribution is -3.14. The maximum absolute atomic E-state index is 12.9. The Morgan fingerprint density at radius 1 is 1.04 bits per heavy atom. The van der Waals surface area contributed by atoms with E-state index in [4.69, 9.17) is 0 Å². The van der Waals surface area contributed by atoms with Crippen molar-refractivity contribution in [3.05, 3.63) is 59.9 Å². The van der Waals surface area contributed by atoms with Gasteiger partial charge in [0.05, 0.1) is 7.05 Å². The molecule has 150 valence electrons. The number of hydrogen-bond acceptors (Lipinski definition) is 2. The average molecular weight is 386 g/mol. The molecule has 2 aromatic carbocycles. The zero-order valence-corrected chi connectivity index (χ0v) is 16.9. The van der Waals surface area contributed by atoms with Crippen molar-refractivity contribution >= 4 is 23.2 Å². The van der Waals surface area contributed by atoms with Crippen molar-refractivity contribution in [3.8, 4) is 0 Å². The highest BCUT2D eigenvalue weighted by Gasteiger charge is 2.25. The van der Waals surface area contributed by atoms with Crippen LogP contribution in [0.25, 0.3) is 0 Å². The lowest BCUT2D eigenvalue weighted by Gasteiger charge is -2.22. The number of para-hydroxylation sites is 1. The molecule has 0 saturated carbocycles. The summed E-state index contributed by atoms with van der Waals surface area (Å²) in [6.45, 7) is 6.16. The van der Waals surface area contributed by atoms with Crippen molar-refractivity contribution in [1.29, 1.82) is 0 Å². The Balaban J connectivity index is 1.95. The number of halogens is 1. The monoisotopic (exact) mass is 386 g/mol. The third-order valence-corrected chi connectivity index (χ3v) is 5.06. The summed E-state index contributed by atoms with van der Waals surface area (Å²) < 4.78 is 12.9. The molecule has 0 fully saturated rings. The molecule has 0 aliphatic rings. The molecule has 3 atom stereocenters. The molecule has 0 bridgehead atoms. The van der Waals surface area contributed by atoms with Gasteiger partial charge < -0.3 is 15.5 Å². The summed E-state index contributed by atoms with van der Waals surface area (Å²) in [5.74, 6) is -0.381. The topological polar surface area (TPSA) is 62.6 Å². The predicted octanol–water partition coefficient (Wildman–Crippen LogP) is 2.82. The van der Waals surface area contributed by atoms with Gasteiger partial charge in [-0.25, -0.2) is 4.39 Å². The minimum Gasteiger partial charge on any atom is -0.321 e. The quantitative estimate of drug-likeness (QED) is 0.653. The zero-order chi connectivity index (χ0) is 20.7. The van der Waals surface area contributed by atoms with E-state index < -0.39 is 6.04 Å². The predicted molar refractivity (Wildman–Crippen MR) is 110 cm³/mol. The Bertz CT molecular complexity index is 808. The van der Waals surface area contributed by atoms with Gasteiger partial charge in [-0.3, -0.25) is 9.59 Å². The molecule has 0 heterocycles. The van der Waals surface area contributed by atoms with E-state index in [9.17, 15) is 14.0 Å². The van der Waals surface area contributed by atoms with E-state index in [0.717, 1.165) is 22.6 Å².